The molecule has 4 rings (SSSR count). The average Bonchev–Trinajstić information content (AvgIpc) is 3.22. The first-order chi connectivity index (χ1) is 13.8. The predicted octanol–water partition coefficient (Wildman–Crippen LogP) is 3.61. The highest BCUT2D eigenvalue weighted by molar-refractivity contribution is 6.30. The Bertz CT molecular complexity index is 1210. The van der Waals surface area contributed by atoms with Crippen molar-refractivity contribution < 1.29 is 17.9 Å². The van der Waals surface area contributed by atoms with Gasteiger partial charge in [-0.15, -0.1) is 18.3 Å². The minimum atomic E-state index is -4.75. The molecule has 0 saturated heterocycles. The van der Waals surface area contributed by atoms with Crippen molar-refractivity contribution in [2.75, 3.05) is 0 Å². The lowest BCUT2D eigenvalue weighted by atomic mass is 10.1. The van der Waals surface area contributed by atoms with Crippen molar-refractivity contribution in [1.82, 2.24) is 24.0 Å². The van der Waals surface area contributed by atoms with Crippen molar-refractivity contribution in [3.8, 4) is 16.9 Å². The Balaban J connectivity index is 1.57. The molecule has 0 radical (unpaired) electrons. The second kappa shape index (κ2) is 7.28. The molecule has 150 valence electrons. The summed E-state index contributed by atoms with van der Waals surface area (Å²) in [5.74, 6) is -0.314. The van der Waals surface area contributed by atoms with E-state index in [1.807, 2.05) is 0 Å². The highest BCUT2D eigenvalue weighted by Gasteiger charge is 2.30. The van der Waals surface area contributed by atoms with Gasteiger partial charge in [-0.3, -0.25) is 4.68 Å². The van der Waals surface area contributed by atoms with E-state index in [1.54, 1.807) is 29.2 Å². The SMILES string of the molecule is O=c1n(CCn2cc(Cl)cn2)nc2ccc(-c3ccc(OC(F)(F)F)cc3)cn12. The van der Waals surface area contributed by atoms with Gasteiger partial charge in [-0.1, -0.05) is 23.7 Å². The molecule has 3 aromatic heterocycles. The zero-order valence-electron chi connectivity index (χ0n) is 14.7. The number of hydrogen-bond donors (Lipinski definition) is 0. The second-order valence-electron chi connectivity index (χ2n) is 6.15. The van der Waals surface area contributed by atoms with Gasteiger partial charge in [-0.25, -0.2) is 13.9 Å². The number of alkyl halides is 3. The molecule has 0 aliphatic heterocycles. The number of fused-ring (bicyclic) bond motifs is 1. The van der Waals surface area contributed by atoms with E-state index in [0.717, 1.165) is 0 Å². The normalized spacial score (nSPS) is 11.9. The molecule has 0 spiro atoms. The first kappa shape index (κ1) is 19.1. The maximum Gasteiger partial charge on any atom is 0.573 e. The third-order valence-electron chi connectivity index (χ3n) is 4.14. The van der Waals surface area contributed by atoms with Crippen molar-refractivity contribution in [2.24, 2.45) is 0 Å². The van der Waals surface area contributed by atoms with Crippen molar-refractivity contribution in [3.63, 3.8) is 0 Å². The summed E-state index contributed by atoms with van der Waals surface area (Å²) in [6.07, 6.45) is -0.00660. The predicted molar refractivity (Wildman–Crippen MR) is 98.8 cm³/mol. The second-order valence-corrected chi connectivity index (χ2v) is 6.58. The van der Waals surface area contributed by atoms with Gasteiger partial charge in [0.15, 0.2) is 5.65 Å². The molecule has 11 heteroatoms. The van der Waals surface area contributed by atoms with Crippen LogP contribution in [0.1, 0.15) is 0 Å². The summed E-state index contributed by atoms with van der Waals surface area (Å²) < 4.78 is 45.0. The highest BCUT2D eigenvalue weighted by atomic mass is 35.5. The fourth-order valence-electron chi connectivity index (χ4n) is 2.84. The molecule has 29 heavy (non-hydrogen) atoms. The number of hydrogen-bond acceptors (Lipinski definition) is 4. The topological polar surface area (TPSA) is 66.3 Å². The number of aromatic nitrogens is 5. The van der Waals surface area contributed by atoms with Gasteiger partial charge in [-0.05, 0) is 35.4 Å². The van der Waals surface area contributed by atoms with Crippen molar-refractivity contribution in [1.29, 1.82) is 0 Å². The number of ether oxygens (including phenoxy) is 1. The van der Waals surface area contributed by atoms with E-state index in [2.05, 4.69) is 14.9 Å². The summed E-state index contributed by atoms with van der Waals surface area (Å²) in [6.45, 7) is 0.724. The van der Waals surface area contributed by atoms with Gasteiger partial charge >= 0.3 is 12.1 Å². The van der Waals surface area contributed by atoms with Gasteiger partial charge in [0, 0.05) is 12.4 Å². The van der Waals surface area contributed by atoms with Gasteiger partial charge in [-0.2, -0.15) is 5.10 Å². The summed E-state index contributed by atoms with van der Waals surface area (Å²) in [6, 6.07) is 8.80. The maximum atomic E-state index is 12.6. The Kier molecular flexibility index (Phi) is 4.79. The third kappa shape index (κ3) is 4.27. The lowest BCUT2D eigenvalue weighted by molar-refractivity contribution is -0.274. The van der Waals surface area contributed by atoms with Crippen LogP contribution in [0, 0.1) is 0 Å². The van der Waals surface area contributed by atoms with E-state index in [-0.39, 0.29) is 11.4 Å². The zero-order valence-corrected chi connectivity index (χ0v) is 15.4. The lowest BCUT2D eigenvalue weighted by Crippen LogP contribution is -2.23. The first-order valence-electron chi connectivity index (χ1n) is 8.42. The first-order valence-corrected chi connectivity index (χ1v) is 8.80. The van der Waals surface area contributed by atoms with Crippen molar-refractivity contribution in [3.05, 3.63) is 70.5 Å². The molecule has 0 unspecified atom stereocenters. The van der Waals surface area contributed by atoms with Gasteiger partial charge in [0.1, 0.15) is 5.75 Å². The highest BCUT2D eigenvalue weighted by Crippen LogP contribution is 2.26. The summed E-state index contributed by atoms with van der Waals surface area (Å²) >= 11 is 5.82. The Labute approximate surface area is 166 Å². The van der Waals surface area contributed by atoms with Crippen molar-refractivity contribution in [2.45, 2.75) is 19.5 Å². The van der Waals surface area contributed by atoms with E-state index >= 15 is 0 Å². The fraction of sp³-hybridized carbons (Fsp3) is 0.167. The molecule has 3 heterocycles. The molecule has 4 aromatic rings. The van der Waals surface area contributed by atoms with Crippen LogP contribution in [0.25, 0.3) is 16.8 Å². The molecular formula is C18H13ClF3N5O2. The monoisotopic (exact) mass is 423 g/mol. The summed E-state index contributed by atoms with van der Waals surface area (Å²) in [7, 11) is 0. The molecule has 0 atom stereocenters. The Morgan fingerprint density at radius 3 is 2.38 bits per heavy atom. The van der Waals surface area contributed by atoms with Crippen LogP contribution < -0.4 is 10.4 Å². The fourth-order valence-corrected chi connectivity index (χ4v) is 3.00. The smallest absolute Gasteiger partial charge is 0.406 e. The van der Waals surface area contributed by atoms with E-state index in [4.69, 9.17) is 11.6 Å². The van der Waals surface area contributed by atoms with Crippen LogP contribution in [0.15, 0.2) is 59.8 Å². The number of halogens is 4. The van der Waals surface area contributed by atoms with Gasteiger partial charge in [0.05, 0.1) is 24.3 Å². The van der Waals surface area contributed by atoms with Gasteiger partial charge in [0.25, 0.3) is 0 Å². The number of benzene rings is 1. The largest absolute Gasteiger partial charge is 0.573 e. The van der Waals surface area contributed by atoms with Gasteiger partial charge < -0.3 is 4.74 Å². The standard InChI is InChI=1S/C18H13ClF3N5O2/c19-14-9-23-25(11-14)7-8-27-17(28)26-10-13(3-6-16(26)24-27)12-1-4-15(5-2-12)29-18(20,21)22/h1-6,9-11H,7-8H2. The molecule has 0 aliphatic carbocycles. The molecular weight excluding hydrogens is 411 g/mol. The van der Waals surface area contributed by atoms with Crippen LogP contribution in [0.4, 0.5) is 13.2 Å². The Morgan fingerprint density at radius 2 is 1.72 bits per heavy atom. The van der Waals surface area contributed by atoms with E-state index in [0.29, 0.717) is 34.9 Å². The molecule has 0 amide bonds. The zero-order chi connectivity index (χ0) is 20.6. The van der Waals surface area contributed by atoms with Crippen LogP contribution in [0.5, 0.6) is 5.75 Å². The average molecular weight is 424 g/mol. The lowest BCUT2D eigenvalue weighted by Gasteiger charge is -2.09. The molecule has 1 aromatic carbocycles. The summed E-state index contributed by atoms with van der Waals surface area (Å²) in [4.78, 5) is 12.6. The van der Waals surface area contributed by atoms with E-state index in [9.17, 15) is 18.0 Å². The van der Waals surface area contributed by atoms with Crippen LogP contribution in [0.3, 0.4) is 0 Å². The summed E-state index contributed by atoms with van der Waals surface area (Å²) in [5, 5.41) is 8.83. The molecule has 0 aliphatic rings. The Morgan fingerprint density at radius 1 is 1.00 bits per heavy atom. The molecule has 0 N–H and O–H groups in total. The molecule has 7 nitrogen and oxygen atoms in total. The number of aryl methyl sites for hydroxylation is 2. The van der Waals surface area contributed by atoms with E-state index in [1.165, 1.54) is 39.5 Å². The van der Waals surface area contributed by atoms with Crippen LogP contribution in [-0.4, -0.2) is 30.3 Å². The molecule has 0 saturated carbocycles. The quantitative estimate of drug-likeness (QED) is 0.492. The van der Waals surface area contributed by atoms with Gasteiger partial charge in [0.2, 0.25) is 0 Å². The number of pyridine rings is 1. The third-order valence-corrected chi connectivity index (χ3v) is 4.34. The number of nitrogens with zero attached hydrogens (tertiary/aromatic N) is 5. The maximum absolute atomic E-state index is 12.6. The minimum Gasteiger partial charge on any atom is -0.406 e. The summed E-state index contributed by atoms with van der Waals surface area (Å²) in [5.41, 5.74) is 1.40. The molecule has 0 fully saturated rings. The van der Waals surface area contributed by atoms with Crippen molar-refractivity contribution >= 4 is 17.2 Å². The Hall–Kier alpha value is -3.27. The minimum absolute atomic E-state index is 0.303. The molecule has 0 bridgehead atoms. The number of rotatable bonds is 5. The van der Waals surface area contributed by atoms with E-state index < -0.39 is 6.36 Å². The van der Waals surface area contributed by atoms with Crippen LogP contribution in [0.2, 0.25) is 5.02 Å². The van der Waals surface area contributed by atoms with Crippen LogP contribution in [-0.2, 0) is 13.1 Å². The van der Waals surface area contributed by atoms with Crippen LogP contribution >= 0.6 is 11.6 Å².